The first-order valence-corrected chi connectivity index (χ1v) is 14.1. The summed E-state index contributed by atoms with van der Waals surface area (Å²) in [4.78, 5) is 18.1. The highest BCUT2D eigenvalue weighted by Crippen LogP contribution is 2.64. The minimum absolute atomic E-state index is 0.0641. The summed E-state index contributed by atoms with van der Waals surface area (Å²) < 4.78 is 29.8. The number of anilines is 1. The third-order valence-corrected chi connectivity index (χ3v) is 10.6. The number of rotatable bonds is 5. The second-order valence-electron chi connectivity index (χ2n) is 11.1. The van der Waals surface area contributed by atoms with E-state index in [9.17, 15) is 13.2 Å². The molecule has 1 aromatic heterocycles. The molecule has 5 aliphatic rings. The van der Waals surface area contributed by atoms with E-state index in [1.54, 1.807) is 34.9 Å². The van der Waals surface area contributed by atoms with Gasteiger partial charge in [0.25, 0.3) is 0 Å². The fourth-order valence-corrected chi connectivity index (χ4v) is 9.12. The van der Waals surface area contributed by atoms with Crippen molar-refractivity contribution in [3.8, 4) is 0 Å². The van der Waals surface area contributed by atoms with Gasteiger partial charge >= 0.3 is 0 Å². The zero-order valence-corrected chi connectivity index (χ0v) is 20.3. The Morgan fingerprint density at radius 1 is 0.971 bits per heavy atom. The highest BCUT2D eigenvalue weighted by Gasteiger charge is 2.61. The van der Waals surface area contributed by atoms with E-state index < -0.39 is 15.4 Å². The smallest absolute Gasteiger partial charge is 0.243 e. The van der Waals surface area contributed by atoms with Gasteiger partial charge in [-0.3, -0.25) is 4.79 Å². The van der Waals surface area contributed by atoms with Gasteiger partial charge in [-0.2, -0.15) is 9.40 Å². The maximum atomic E-state index is 13.7. The number of nitrogens with one attached hydrogen (secondary N) is 1. The average Bonchev–Trinajstić information content (AvgIpc) is 3.22. The van der Waals surface area contributed by atoms with Crippen molar-refractivity contribution in [2.45, 2.75) is 74.6 Å². The molecule has 9 heteroatoms. The molecule has 1 saturated heterocycles. The monoisotopic (exact) mass is 483 g/mol. The number of amides is 1. The van der Waals surface area contributed by atoms with Gasteiger partial charge in [0, 0.05) is 18.8 Å². The van der Waals surface area contributed by atoms with Gasteiger partial charge in [0.15, 0.2) is 0 Å². The summed E-state index contributed by atoms with van der Waals surface area (Å²) in [7, 11) is -3.50. The summed E-state index contributed by atoms with van der Waals surface area (Å²) in [6.45, 7) is 1.17. The first kappa shape index (κ1) is 22.2. The second-order valence-corrected chi connectivity index (χ2v) is 13.0. The molecule has 0 radical (unpaired) electrons. The molecule has 4 bridgehead atoms. The predicted molar refractivity (Wildman–Crippen MR) is 127 cm³/mol. The van der Waals surface area contributed by atoms with Crippen LogP contribution < -0.4 is 5.32 Å². The van der Waals surface area contributed by atoms with Crippen molar-refractivity contribution in [2.75, 3.05) is 18.4 Å². The van der Waals surface area contributed by atoms with Crippen LogP contribution in [0.5, 0.6) is 0 Å². The van der Waals surface area contributed by atoms with Crippen LogP contribution in [0.2, 0.25) is 0 Å². The quantitative estimate of drug-likeness (QED) is 0.698. The minimum atomic E-state index is -3.50. The molecule has 1 aliphatic heterocycles. The van der Waals surface area contributed by atoms with Crippen LogP contribution in [0.15, 0.2) is 41.8 Å². The number of hydrogen-bond acceptors (Lipinski definition) is 5. The van der Waals surface area contributed by atoms with E-state index in [2.05, 4.69) is 15.4 Å². The summed E-state index contributed by atoms with van der Waals surface area (Å²) in [5.41, 5.74) is 0.154. The number of carbonyl (C=O) groups is 1. The van der Waals surface area contributed by atoms with Crippen molar-refractivity contribution >= 4 is 21.6 Å². The SMILES string of the molecule is O=C(Nc1ccc(S(=O)(=O)N2CCCCCC2)cc1)C12C[C@H]3C[C@H](C1)CC(n1cncn1)(C3)C2. The lowest BCUT2D eigenvalue weighted by Crippen LogP contribution is -2.60. The molecule has 2 atom stereocenters. The summed E-state index contributed by atoms with van der Waals surface area (Å²) in [5.74, 6) is 1.14. The summed E-state index contributed by atoms with van der Waals surface area (Å²) in [6.07, 6.45) is 13.4. The van der Waals surface area contributed by atoms with Crippen LogP contribution in [-0.4, -0.2) is 46.5 Å². The molecule has 5 fully saturated rings. The Morgan fingerprint density at radius 3 is 2.26 bits per heavy atom. The zero-order chi connectivity index (χ0) is 23.4. The topological polar surface area (TPSA) is 97.2 Å². The minimum Gasteiger partial charge on any atom is -0.326 e. The zero-order valence-electron chi connectivity index (χ0n) is 19.5. The van der Waals surface area contributed by atoms with Crippen LogP contribution in [0.1, 0.15) is 64.2 Å². The molecule has 4 saturated carbocycles. The van der Waals surface area contributed by atoms with Crippen molar-refractivity contribution in [1.29, 1.82) is 0 Å². The lowest BCUT2D eigenvalue weighted by molar-refractivity contribution is -0.150. The van der Waals surface area contributed by atoms with E-state index in [0.29, 0.717) is 35.5 Å². The van der Waals surface area contributed by atoms with Crippen molar-refractivity contribution < 1.29 is 13.2 Å². The van der Waals surface area contributed by atoms with E-state index in [0.717, 1.165) is 57.8 Å². The predicted octanol–water partition coefficient (Wildman–Crippen LogP) is 3.78. The molecule has 1 N–H and O–H groups in total. The molecule has 2 aromatic rings. The standard InChI is InChI=1S/C25H33N5O3S/c31-23(24-12-19-11-20(13-24)15-25(14-19,16-24)30-18-26-17-27-30)28-21-5-7-22(8-6-21)34(32,33)29-9-3-1-2-4-10-29/h5-8,17-20H,1-4,9-16H2,(H,28,31)/t19-,20-,24?,25?/m1/s1. The largest absolute Gasteiger partial charge is 0.326 e. The number of hydrogen-bond donors (Lipinski definition) is 1. The van der Waals surface area contributed by atoms with E-state index in [4.69, 9.17) is 0 Å². The van der Waals surface area contributed by atoms with Crippen LogP contribution in [0.3, 0.4) is 0 Å². The maximum Gasteiger partial charge on any atom is 0.243 e. The highest BCUT2D eigenvalue weighted by molar-refractivity contribution is 7.89. The van der Waals surface area contributed by atoms with Gasteiger partial charge in [0.05, 0.1) is 15.8 Å². The summed E-state index contributed by atoms with van der Waals surface area (Å²) in [6, 6.07) is 6.73. The van der Waals surface area contributed by atoms with E-state index in [-0.39, 0.29) is 11.4 Å². The van der Waals surface area contributed by atoms with Crippen LogP contribution >= 0.6 is 0 Å². The van der Waals surface area contributed by atoms with Crippen molar-refractivity contribution in [3.63, 3.8) is 0 Å². The molecule has 8 nitrogen and oxygen atoms in total. The second kappa shape index (κ2) is 8.16. The van der Waals surface area contributed by atoms with E-state index >= 15 is 0 Å². The maximum absolute atomic E-state index is 13.7. The Labute approximate surface area is 201 Å². The normalized spacial score (nSPS) is 33.5. The Balaban J connectivity index is 1.20. The lowest BCUT2D eigenvalue weighted by Gasteiger charge is -2.60. The summed E-state index contributed by atoms with van der Waals surface area (Å²) in [5, 5.41) is 7.61. The molecule has 7 rings (SSSR count). The van der Waals surface area contributed by atoms with Gasteiger partial charge in [-0.1, -0.05) is 12.8 Å². The molecular weight excluding hydrogens is 450 g/mol. The van der Waals surface area contributed by atoms with Crippen molar-refractivity contribution in [1.82, 2.24) is 19.1 Å². The molecule has 0 spiro atoms. The van der Waals surface area contributed by atoms with Crippen molar-refractivity contribution in [2.24, 2.45) is 17.3 Å². The summed E-state index contributed by atoms with van der Waals surface area (Å²) >= 11 is 0. The highest BCUT2D eigenvalue weighted by atomic mass is 32.2. The molecule has 1 amide bonds. The van der Waals surface area contributed by atoms with Gasteiger partial charge in [0.1, 0.15) is 12.7 Å². The molecule has 34 heavy (non-hydrogen) atoms. The Kier molecular flexibility index (Phi) is 5.33. The Bertz CT molecular complexity index is 1140. The average molecular weight is 484 g/mol. The molecule has 0 unspecified atom stereocenters. The molecule has 2 heterocycles. The number of aromatic nitrogens is 3. The van der Waals surface area contributed by atoms with Crippen LogP contribution in [0, 0.1) is 17.3 Å². The third kappa shape index (κ3) is 3.68. The van der Waals surface area contributed by atoms with Gasteiger partial charge in [-0.15, -0.1) is 0 Å². The number of carbonyl (C=O) groups excluding carboxylic acids is 1. The third-order valence-electron chi connectivity index (χ3n) is 8.73. The molecule has 182 valence electrons. The Hall–Kier alpha value is -2.26. The Morgan fingerprint density at radius 2 is 1.65 bits per heavy atom. The fourth-order valence-electron chi connectivity index (χ4n) is 7.61. The fraction of sp³-hybridized carbons (Fsp3) is 0.640. The lowest BCUT2D eigenvalue weighted by atomic mass is 9.46. The first-order chi connectivity index (χ1) is 16.4. The molecular formula is C25H33N5O3S. The molecule has 4 aliphatic carbocycles. The van der Waals surface area contributed by atoms with Gasteiger partial charge in [0.2, 0.25) is 15.9 Å². The number of benzene rings is 1. The number of sulfonamides is 1. The van der Waals surface area contributed by atoms with Gasteiger partial charge in [-0.05, 0) is 87.5 Å². The van der Waals surface area contributed by atoms with Crippen LogP contribution in [-0.2, 0) is 20.4 Å². The van der Waals surface area contributed by atoms with Gasteiger partial charge < -0.3 is 5.32 Å². The first-order valence-electron chi connectivity index (χ1n) is 12.7. The van der Waals surface area contributed by atoms with Crippen LogP contribution in [0.4, 0.5) is 5.69 Å². The van der Waals surface area contributed by atoms with Crippen molar-refractivity contribution in [3.05, 3.63) is 36.9 Å². The van der Waals surface area contributed by atoms with Crippen LogP contribution in [0.25, 0.3) is 0 Å². The van der Waals surface area contributed by atoms with Gasteiger partial charge in [-0.25, -0.2) is 18.1 Å². The molecule has 1 aromatic carbocycles. The number of nitrogens with zero attached hydrogens (tertiary/aromatic N) is 4. The van der Waals surface area contributed by atoms with E-state index in [1.807, 2.05) is 11.0 Å². The van der Waals surface area contributed by atoms with E-state index in [1.165, 1.54) is 6.42 Å².